The van der Waals surface area contributed by atoms with Gasteiger partial charge in [-0.1, -0.05) is 30.3 Å². The lowest BCUT2D eigenvalue weighted by Crippen LogP contribution is -2.09. The Morgan fingerprint density at radius 1 is 1.15 bits per heavy atom. The predicted molar refractivity (Wildman–Crippen MR) is 79.7 cm³/mol. The van der Waals surface area contributed by atoms with Crippen LogP contribution in [0.5, 0.6) is 5.75 Å². The first-order chi connectivity index (χ1) is 9.81. The topological polar surface area (TPSA) is 53.1 Å². The van der Waals surface area contributed by atoms with Gasteiger partial charge in [-0.2, -0.15) is 0 Å². The molecule has 0 radical (unpaired) electrons. The van der Waals surface area contributed by atoms with Crippen LogP contribution in [0, 0.1) is 0 Å². The average Bonchev–Trinajstić information content (AvgIpc) is 2.85. The number of imidazole rings is 1. The van der Waals surface area contributed by atoms with E-state index in [2.05, 4.69) is 21.7 Å². The van der Waals surface area contributed by atoms with E-state index in [-0.39, 0.29) is 0 Å². The summed E-state index contributed by atoms with van der Waals surface area (Å²) in [4.78, 5) is 4.59. The van der Waals surface area contributed by atoms with Crippen LogP contribution in [0.3, 0.4) is 0 Å². The smallest absolute Gasteiger partial charge is 0.123 e. The summed E-state index contributed by atoms with van der Waals surface area (Å²) in [6, 6.07) is 16.2. The zero-order chi connectivity index (χ0) is 13.9. The number of nitrogens with zero attached hydrogens (tertiary/aromatic N) is 2. The van der Waals surface area contributed by atoms with E-state index < -0.39 is 0 Å². The second-order valence-corrected chi connectivity index (χ2v) is 4.66. The molecule has 3 rings (SSSR count). The molecule has 0 aliphatic rings. The van der Waals surface area contributed by atoms with E-state index in [1.807, 2.05) is 36.4 Å². The molecule has 2 N–H and O–H groups in total. The molecule has 0 saturated carbocycles. The van der Waals surface area contributed by atoms with Gasteiger partial charge in [0, 0.05) is 12.6 Å². The van der Waals surface area contributed by atoms with Crippen molar-refractivity contribution in [2.75, 3.05) is 7.11 Å². The third-order valence-electron chi connectivity index (χ3n) is 3.40. The summed E-state index contributed by atoms with van der Waals surface area (Å²) in [7, 11) is 1.66. The maximum absolute atomic E-state index is 5.82. The lowest BCUT2D eigenvalue weighted by molar-refractivity contribution is 0.415. The van der Waals surface area contributed by atoms with E-state index >= 15 is 0 Å². The van der Waals surface area contributed by atoms with Crippen molar-refractivity contribution in [1.82, 2.24) is 9.55 Å². The van der Waals surface area contributed by atoms with Gasteiger partial charge in [0.25, 0.3) is 0 Å². The molecule has 4 nitrogen and oxygen atoms in total. The molecule has 0 amide bonds. The molecular weight excluding hydrogens is 250 g/mol. The van der Waals surface area contributed by atoms with E-state index in [4.69, 9.17) is 10.5 Å². The second-order valence-electron chi connectivity index (χ2n) is 4.66. The minimum Gasteiger partial charge on any atom is -0.497 e. The van der Waals surface area contributed by atoms with E-state index in [1.165, 1.54) is 5.56 Å². The Kier molecular flexibility index (Phi) is 3.39. The van der Waals surface area contributed by atoms with Gasteiger partial charge in [0.2, 0.25) is 0 Å². The Balaban J connectivity index is 2.08. The summed E-state index contributed by atoms with van der Waals surface area (Å²) < 4.78 is 7.40. The molecule has 3 aromatic rings. The zero-order valence-corrected chi connectivity index (χ0v) is 11.4. The minimum absolute atomic E-state index is 0.420. The molecule has 2 aromatic carbocycles. The number of aromatic nitrogens is 2. The van der Waals surface area contributed by atoms with Crippen molar-refractivity contribution in [2.24, 2.45) is 5.73 Å². The molecule has 0 bridgehead atoms. The molecule has 1 aromatic heterocycles. The Hall–Kier alpha value is -2.33. The number of fused-ring (bicyclic) bond motifs is 1. The maximum atomic E-state index is 5.82. The Bertz CT molecular complexity index is 719. The van der Waals surface area contributed by atoms with Gasteiger partial charge < -0.3 is 15.0 Å². The third-order valence-corrected chi connectivity index (χ3v) is 3.40. The Morgan fingerprint density at radius 2 is 1.95 bits per heavy atom. The molecule has 0 atom stereocenters. The fourth-order valence-corrected chi connectivity index (χ4v) is 2.38. The van der Waals surface area contributed by atoms with Gasteiger partial charge in [-0.05, 0) is 17.7 Å². The molecule has 0 saturated heterocycles. The largest absolute Gasteiger partial charge is 0.497 e. The minimum atomic E-state index is 0.420. The molecule has 0 spiro atoms. The number of benzene rings is 2. The van der Waals surface area contributed by atoms with Crippen LogP contribution < -0.4 is 10.5 Å². The second kappa shape index (κ2) is 5.35. The van der Waals surface area contributed by atoms with Crippen molar-refractivity contribution in [3.05, 3.63) is 59.9 Å². The van der Waals surface area contributed by atoms with Crippen LogP contribution in [-0.4, -0.2) is 16.7 Å². The van der Waals surface area contributed by atoms with Gasteiger partial charge in [-0.3, -0.25) is 0 Å². The highest BCUT2D eigenvalue weighted by Gasteiger charge is 2.10. The van der Waals surface area contributed by atoms with Gasteiger partial charge >= 0.3 is 0 Å². The lowest BCUT2D eigenvalue weighted by atomic mass is 10.2. The first-order valence-electron chi connectivity index (χ1n) is 6.59. The Labute approximate surface area is 117 Å². The summed E-state index contributed by atoms with van der Waals surface area (Å²) in [6.07, 6.45) is 0. The normalized spacial score (nSPS) is 10.9. The summed E-state index contributed by atoms with van der Waals surface area (Å²) >= 11 is 0. The summed E-state index contributed by atoms with van der Waals surface area (Å²) in [5.74, 6) is 1.70. The number of hydrogen-bond acceptors (Lipinski definition) is 3. The van der Waals surface area contributed by atoms with Crippen molar-refractivity contribution in [3.63, 3.8) is 0 Å². The molecule has 4 heteroatoms. The van der Waals surface area contributed by atoms with Crippen molar-refractivity contribution in [1.29, 1.82) is 0 Å². The predicted octanol–water partition coefficient (Wildman–Crippen LogP) is 2.55. The Morgan fingerprint density at radius 3 is 2.65 bits per heavy atom. The lowest BCUT2D eigenvalue weighted by Gasteiger charge is -2.08. The highest BCUT2D eigenvalue weighted by molar-refractivity contribution is 5.78. The van der Waals surface area contributed by atoms with Gasteiger partial charge in [0.15, 0.2) is 0 Å². The van der Waals surface area contributed by atoms with Crippen molar-refractivity contribution in [3.8, 4) is 5.75 Å². The number of rotatable bonds is 4. The number of methoxy groups -OCH3 is 1. The SMILES string of the molecule is COc1ccc2c(c1)nc(CN)n2Cc1ccccc1. The monoisotopic (exact) mass is 267 g/mol. The van der Waals surface area contributed by atoms with Crippen LogP contribution in [0.15, 0.2) is 48.5 Å². The molecule has 102 valence electrons. The summed E-state index contributed by atoms with van der Waals surface area (Å²) in [5, 5.41) is 0. The van der Waals surface area contributed by atoms with Crippen LogP contribution in [0.25, 0.3) is 11.0 Å². The number of nitrogens with two attached hydrogens (primary N) is 1. The van der Waals surface area contributed by atoms with Gasteiger partial charge in [0.05, 0.1) is 24.7 Å². The van der Waals surface area contributed by atoms with Gasteiger partial charge in [-0.15, -0.1) is 0 Å². The molecular formula is C16H17N3O. The highest BCUT2D eigenvalue weighted by Crippen LogP contribution is 2.22. The zero-order valence-electron chi connectivity index (χ0n) is 11.4. The standard InChI is InChI=1S/C16H17N3O/c1-20-13-7-8-15-14(9-13)18-16(10-17)19(15)11-12-5-3-2-4-6-12/h2-9H,10-11,17H2,1H3. The van der Waals surface area contributed by atoms with E-state index in [0.29, 0.717) is 6.54 Å². The number of hydrogen-bond donors (Lipinski definition) is 1. The van der Waals surface area contributed by atoms with E-state index in [1.54, 1.807) is 7.11 Å². The fraction of sp³-hybridized carbons (Fsp3) is 0.188. The van der Waals surface area contributed by atoms with Crippen LogP contribution in [0.2, 0.25) is 0 Å². The summed E-state index contributed by atoms with van der Waals surface area (Å²) in [5.41, 5.74) is 9.05. The first kappa shape index (κ1) is 12.7. The third kappa shape index (κ3) is 2.26. The van der Waals surface area contributed by atoms with Gasteiger partial charge in [0.1, 0.15) is 11.6 Å². The van der Waals surface area contributed by atoms with Crippen molar-refractivity contribution < 1.29 is 4.74 Å². The molecule has 0 fully saturated rings. The first-order valence-corrected chi connectivity index (χ1v) is 6.59. The van der Waals surface area contributed by atoms with Crippen LogP contribution in [0.4, 0.5) is 0 Å². The number of ether oxygens (including phenoxy) is 1. The summed E-state index contributed by atoms with van der Waals surface area (Å²) in [6.45, 7) is 1.19. The fourth-order valence-electron chi connectivity index (χ4n) is 2.38. The molecule has 0 aliphatic carbocycles. The van der Waals surface area contributed by atoms with Crippen molar-refractivity contribution in [2.45, 2.75) is 13.1 Å². The van der Waals surface area contributed by atoms with Crippen molar-refractivity contribution >= 4 is 11.0 Å². The van der Waals surface area contributed by atoms with Crippen LogP contribution >= 0.6 is 0 Å². The average molecular weight is 267 g/mol. The molecule has 20 heavy (non-hydrogen) atoms. The maximum Gasteiger partial charge on any atom is 0.123 e. The van der Waals surface area contributed by atoms with Crippen LogP contribution in [0.1, 0.15) is 11.4 Å². The van der Waals surface area contributed by atoms with E-state index in [0.717, 1.165) is 29.2 Å². The molecule has 0 aliphatic heterocycles. The van der Waals surface area contributed by atoms with Crippen LogP contribution in [-0.2, 0) is 13.1 Å². The van der Waals surface area contributed by atoms with E-state index in [9.17, 15) is 0 Å². The molecule has 1 heterocycles. The highest BCUT2D eigenvalue weighted by atomic mass is 16.5. The molecule has 0 unspecified atom stereocenters. The quantitative estimate of drug-likeness (QED) is 0.790. The van der Waals surface area contributed by atoms with Gasteiger partial charge in [-0.25, -0.2) is 4.98 Å².